The van der Waals surface area contributed by atoms with Gasteiger partial charge in [-0.3, -0.25) is 4.98 Å². The third-order valence-corrected chi connectivity index (χ3v) is 3.87. The highest BCUT2D eigenvalue weighted by Crippen LogP contribution is 2.21. The quantitative estimate of drug-likeness (QED) is 0.918. The highest BCUT2D eigenvalue weighted by Gasteiger charge is 2.18. The summed E-state index contributed by atoms with van der Waals surface area (Å²) in [5.74, 6) is 0. The molecule has 0 saturated heterocycles. The number of hydrogen-bond acceptors (Lipinski definition) is 3. The summed E-state index contributed by atoms with van der Waals surface area (Å²) in [4.78, 5) is 4.33. The minimum atomic E-state index is 0.379. The van der Waals surface area contributed by atoms with Crippen LogP contribution in [0, 0.1) is 0 Å². The Balaban J connectivity index is 1.62. The molecule has 0 aliphatic heterocycles. The lowest BCUT2D eigenvalue weighted by Crippen LogP contribution is -2.30. The van der Waals surface area contributed by atoms with Gasteiger partial charge in [-0.05, 0) is 49.4 Å². The van der Waals surface area contributed by atoms with Gasteiger partial charge in [0, 0.05) is 17.6 Å². The van der Waals surface area contributed by atoms with Crippen LogP contribution in [0.1, 0.15) is 31.2 Å². The molecule has 0 amide bonds. The summed E-state index contributed by atoms with van der Waals surface area (Å²) in [6.07, 6.45) is 6.57. The second-order valence-corrected chi connectivity index (χ2v) is 5.38. The summed E-state index contributed by atoms with van der Waals surface area (Å²) in [5, 5.41) is 1.18. The van der Waals surface area contributed by atoms with Crippen LogP contribution >= 0.6 is 0 Å². The van der Waals surface area contributed by atoms with Gasteiger partial charge in [0.15, 0.2) is 0 Å². The third kappa shape index (κ3) is 3.11. The van der Waals surface area contributed by atoms with E-state index in [0.29, 0.717) is 18.8 Å². The molecule has 2 aromatic rings. The van der Waals surface area contributed by atoms with Crippen molar-refractivity contribution in [3.8, 4) is 0 Å². The van der Waals surface area contributed by atoms with E-state index in [0.717, 1.165) is 31.2 Å². The number of nitrogens with zero attached hydrogens (tertiary/aromatic N) is 1. The van der Waals surface area contributed by atoms with Gasteiger partial charge in [0.2, 0.25) is 0 Å². The molecule has 0 atom stereocenters. The summed E-state index contributed by atoms with van der Waals surface area (Å²) >= 11 is 0. The van der Waals surface area contributed by atoms with Gasteiger partial charge in [-0.15, -0.1) is 0 Å². The molecule has 0 bridgehead atoms. The zero-order valence-corrected chi connectivity index (χ0v) is 11.1. The SMILES string of the molecule is NC1CCC(OCc2ccc3ncccc3c2)CC1. The number of benzene rings is 1. The maximum Gasteiger partial charge on any atom is 0.0720 e. The lowest BCUT2D eigenvalue weighted by atomic mass is 9.94. The highest BCUT2D eigenvalue weighted by molar-refractivity contribution is 5.78. The molecule has 1 fully saturated rings. The van der Waals surface area contributed by atoms with Crippen molar-refractivity contribution in [2.24, 2.45) is 5.73 Å². The number of rotatable bonds is 3. The Kier molecular flexibility index (Phi) is 3.76. The average molecular weight is 256 g/mol. The molecule has 19 heavy (non-hydrogen) atoms. The Hall–Kier alpha value is -1.45. The van der Waals surface area contributed by atoms with Gasteiger partial charge in [-0.2, -0.15) is 0 Å². The second-order valence-electron chi connectivity index (χ2n) is 5.38. The topological polar surface area (TPSA) is 48.1 Å². The van der Waals surface area contributed by atoms with Gasteiger partial charge in [0.05, 0.1) is 18.2 Å². The van der Waals surface area contributed by atoms with Crippen molar-refractivity contribution >= 4 is 10.9 Å². The van der Waals surface area contributed by atoms with Gasteiger partial charge >= 0.3 is 0 Å². The lowest BCUT2D eigenvalue weighted by Gasteiger charge is -2.26. The van der Waals surface area contributed by atoms with E-state index in [-0.39, 0.29) is 0 Å². The van der Waals surface area contributed by atoms with Crippen molar-refractivity contribution in [2.45, 2.75) is 44.4 Å². The maximum atomic E-state index is 5.99. The fourth-order valence-electron chi connectivity index (χ4n) is 2.68. The predicted molar refractivity (Wildman–Crippen MR) is 76.8 cm³/mol. The number of pyridine rings is 1. The van der Waals surface area contributed by atoms with Gasteiger partial charge in [0.1, 0.15) is 0 Å². The number of ether oxygens (including phenoxy) is 1. The number of aromatic nitrogens is 1. The normalized spacial score (nSPS) is 23.6. The molecule has 1 heterocycles. The van der Waals surface area contributed by atoms with Gasteiger partial charge in [-0.25, -0.2) is 0 Å². The van der Waals surface area contributed by atoms with Crippen LogP contribution in [0.5, 0.6) is 0 Å². The van der Waals surface area contributed by atoms with E-state index in [1.807, 2.05) is 12.3 Å². The minimum Gasteiger partial charge on any atom is -0.374 e. The van der Waals surface area contributed by atoms with E-state index >= 15 is 0 Å². The largest absolute Gasteiger partial charge is 0.374 e. The molecule has 0 radical (unpaired) electrons. The van der Waals surface area contributed by atoms with Crippen molar-refractivity contribution in [1.29, 1.82) is 0 Å². The monoisotopic (exact) mass is 256 g/mol. The van der Waals surface area contributed by atoms with Crippen LogP contribution in [0.15, 0.2) is 36.5 Å². The van der Waals surface area contributed by atoms with Crippen molar-refractivity contribution in [2.75, 3.05) is 0 Å². The van der Waals surface area contributed by atoms with Crippen LogP contribution < -0.4 is 5.73 Å². The van der Waals surface area contributed by atoms with Crippen LogP contribution in [0.4, 0.5) is 0 Å². The van der Waals surface area contributed by atoms with Crippen molar-refractivity contribution in [1.82, 2.24) is 4.98 Å². The summed E-state index contributed by atoms with van der Waals surface area (Å²) in [7, 11) is 0. The van der Waals surface area contributed by atoms with Crippen LogP contribution in [0.3, 0.4) is 0 Å². The first-order chi connectivity index (χ1) is 9.31. The Morgan fingerprint density at radius 1 is 1.16 bits per heavy atom. The number of nitrogens with two attached hydrogens (primary N) is 1. The summed E-state index contributed by atoms with van der Waals surface area (Å²) in [6, 6.07) is 10.8. The molecular weight excluding hydrogens is 236 g/mol. The molecule has 1 saturated carbocycles. The van der Waals surface area contributed by atoms with Gasteiger partial charge in [0.25, 0.3) is 0 Å². The highest BCUT2D eigenvalue weighted by atomic mass is 16.5. The maximum absolute atomic E-state index is 5.99. The molecule has 0 spiro atoms. The third-order valence-electron chi connectivity index (χ3n) is 3.87. The zero-order valence-electron chi connectivity index (χ0n) is 11.1. The van der Waals surface area contributed by atoms with Crippen LogP contribution in [0.25, 0.3) is 10.9 Å². The van der Waals surface area contributed by atoms with Crippen LogP contribution in [-0.2, 0) is 11.3 Å². The van der Waals surface area contributed by atoms with E-state index in [4.69, 9.17) is 10.5 Å². The number of hydrogen-bond donors (Lipinski definition) is 1. The molecule has 3 heteroatoms. The molecule has 2 N–H and O–H groups in total. The first-order valence-corrected chi connectivity index (χ1v) is 7.02. The molecule has 1 aliphatic rings. The minimum absolute atomic E-state index is 0.379. The van der Waals surface area contributed by atoms with Crippen molar-refractivity contribution in [3.63, 3.8) is 0 Å². The molecule has 1 aromatic heterocycles. The zero-order chi connectivity index (χ0) is 13.1. The fourth-order valence-corrected chi connectivity index (χ4v) is 2.68. The van der Waals surface area contributed by atoms with E-state index in [1.54, 1.807) is 0 Å². The summed E-state index contributed by atoms with van der Waals surface area (Å²) in [6.45, 7) is 0.685. The summed E-state index contributed by atoms with van der Waals surface area (Å²) < 4.78 is 5.99. The molecule has 3 rings (SSSR count). The summed E-state index contributed by atoms with van der Waals surface area (Å²) in [5.41, 5.74) is 8.16. The number of fused-ring (bicyclic) bond motifs is 1. The Morgan fingerprint density at radius 2 is 2.00 bits per heavy atom. The Morgan fingerprint density at radius 3 is 2.84 bits per heavy atom. The average Bonchev–Trinajstić information content (AvgIpc) is 2.46. The van der Waals surface area contributed by atoms with E-state index in [1.165, 1.54) is 10.9 Å². The van der Waals surface area contributed by atoms with Gasteiger partial charge < -0.3 is 10.5 Å². The van der Waals surface area contributed by atoms with Gasteiger partial charge in [-0.1, -0.05) is 12.1 Å². The van der Waals surface area contributed by atoms with Crippen LogP contribution in [0.2, 0.25) is 0 Å². The molecule has 100 valence electrons. The first kappa shape index (κ1) is 12.6. The molecule has 3 nitrogen and oxygen atoms in total. The molecule has 1 aliphatic carbocycles. The predicted octanol–water partition coefficient (Wildman–Crippen LogP) is 3.02. The van der Waals surface area contributed by atoms with Crippen LogP contribution in [-0.4, -0.2) is 17.1 Å². The fraction of sp³-hybridized carbons (Fsp3) is 0.438. The van der Waals surface area contributed by atoms with Crippen molar-refractivity contribution in [3.05, 3.63) is 42.1 Å². The lowest BCUT2D eigenvalue weighted by molar-refractivity contribution is 0.0138. The van der Waals surface area contributed by atoms with Crippen molar-refractivity contribution < 1.29 is 4.74 Å². The van der Waals surface area contributed by atoms with E-state index < -0.39 is 0 Å². The Bertz CT molecular complexity index is 547. The smallest absolute Gasteiger partial charge is 0.0720 e. The standard InChI is InChI=1S/C16H20N2O/c17-14-4-6-15(7-5-14)19-11-12-3-8-16-13(10-12)2-1-9-18-16/h1-3,8-10,14-15H,4-7,11,17H2. The first-order valence-electron chi connectivity index (χ1n) is 7.02. The molecular formula is C16H20N2O. The Labute approximate surface area is 113 Å². The molecule has 1 aromatic carbocycles. The second kappa shape index (κ2) is 5.68. The molecule has 0 unspecified atom stereocenters. The van der Waals surface area contributed by atoms with E-state index in [2.05, 4.69) is 29.2 Å². The van der Waals surface area contributed by atoms with E-state index in [9.17, 15) is 0 Å².